The lowest BCUT2D eigenvalue weighted by Crippen LogP contribution is -2.45. The summed E-state index contributed by atoms with van der Waals surface area (Å²) in [7, 11) is 0. The fourth-order valence-electron chi connectivity index (χ4n) is 3.67. The Morgan fingerprint density at radius 2 is 1.97 bits per heavy atom. The molecule has 0 aliphatic carbocycles. The van der Waals surface area contributed by atoms with Crippen molar-refractivity contribution in [2.75, 3.05) is 6.54 Å². The van der Waals surface area contributed by atoms with Crippen LogP contribution in [-0.2, 0) is 0 Å². The number of benzene rings is 1. The molecule has 1 aliphatic heterocycles. The van der Waals surface area contributed by atoms with Crippen LogP contribution in [0.15, 0.2) is 42.0 Å². The second-order valence-corrected chi connectivity index (χ2v) is 8.20. The number of rotatable bonds is 5. The standard InChI is InChI=1S/C20H21F2N5O2S/c1-12-6-7-13(19-25-15(11-30-19)17(28)18(21)22)10-26(12)20(29)14-4-2-3-5-16(14)27-23-8-9-24-27/h2-5,8-9,11-13,17-18,28H,6-7,10H2,1H3. The summed E-state index contributed by atoms with van der Waals surface area (Å²) in [6.07, 6.45) is -0.0975. The van der Waals surface area contributed by atoms with Crippen LogP contribution in [0.2, 0.25) is 0 Å². The molecule has 158 valence electrons. The summed E-state index contributed by atoms with van der Waals surface area (Å²) >= 11 is 1.25. The van der Waals surface area contributed by atoms with Crippen molar-refractivity contribution < 1.29 is 18.7 Å². The number of amides is 1. The molecule has 1 fully saturated rings. The van der Waals surface area contributed by atoms with Gasteiger partial charge in [-0.2, -0.15) is 15.0 Å². The van der Waals surface area contributed by atoms with Crippen LogP contribution in [-0.4, -0.2) is 54.9 Å². The van der Waals surface area contributed by atoms with Crippen LogP contribution in [0, 0.1) is 0 Å². The van der Waals surface area contributed by atoms with Crippen LogP contribution in [0.5, 0.6) is 0 Å². The van der Waals surface area contributed by atoms with E-state index in [1.54, 1.807) is 35.5 Å². The third-order valence-electron chi connectivity index (χ3n) is 5.34. The van der Waals surface area contributed by atoms with Gasteiger partial charge in [0, 0.05) is 23.9 Å². The van der Waals surface area contributed by atoms with Crippen molar-refractivity contribution in [1.82, 2.24) is 24.9 Å². The number of hydrogen-bond donors (Lipinski definition) is 1. The van der Waals surface area contributed by atoms with Crippen molar-refractivity contribution in [2.45, 2.75) is 44.3 Å². The number of aromatic nitrogens is 4. The predicted molar refractivity (Wildman–Crippen MR) is 107 cm³/mol. The van der Waals surface area contributed by atoms with E-state index >= 15 is 0 Å². The average Bonchev–Trinajstić information content (AvgIpc) is 3.45. The molecule has 1 N–H and O–H groups in total. The first-order chi connectivity index (χ1) is 14.5. The number of aliphatic hydroxyl groups is 1. The first-order valence-electron chi connectivity index (χ1n) is 9.64. The molecular weight excluding hydrogens is 412 g/mol. The highest BCUT2D eigenvalue weighted by atomic mass is 32.1. The number of alkyl halides is 2. The van der Waals surface area contributed by atoms with Gasteiger partial charge in [-0.3, -0.25) is 4.79 Å². The highest BCUT2D eigenvalue weighted by Crippen LogP contribution is 2.34. The van der Waals surface area contributed by atoms with Crippen molar-refractivity contribution >= 4 is 17.2 Å². The van der Waals surface area contributed by atoms with Crippen molar-refractivity contribution in [2.24, 2.45) is 0 Å². The summed E-state index contributed by atoms with van der Waals surface area (Å²) in [5.41, 5.74) is 1.07. The summed E-state index contributed by atoms with van der Waals surface area (Å²) in [6, 6.07) is 7.18. The summed E-state index contributed by atoms with van der Waals surface area (Å²) in [5.74, 6) is -0.201. The van der Waals surface area contributed by atoms with E-state index in [2.05, 4.69) is 15.2 Å². The predicted octanol–water partition coefficient (Wildman–Crippen LogP) is 3.43. The van der Waals surface area contributed by atoms with Gasteiger partial charge in [0.1, 0.15) is 0 Å². The molecule has 0 spiro atoms. The Bertz CT molecular complexity index is 1010. The number of thiazole rings is 1. The molecule has 1 amide bonds. The maximum atomic E-state index is 13.4. The van der Waals surface area contributed by atoms with Crippen LogP contribution in [0.25, 0.3) is 5.69 Å². The second kappa shape index (κ2) is 8.57. The quantitative estimate of drug-likeness (QED) is 0.667. The van der Waals surface area contributed by atoms with E-state index in [9.17, 15) is 18.7 Å². The molecule has 0 bridgehead atoms. The molecule has 7 nitrogen and oxygen atoms in total. The lowest BCUT2D eigenvalue weighted by molar-refractivity contribution is -0.00799. The van der Waals surface area contributed by atoms with Crippen LogP contribution < -0.4 is 0 Å². The van der Waals surface area contributed by atoms with Crippen molar-refractivity contribution in [3.63, 3.8) is 0 Å². The lowest BCUT2D eigenvalue weighted by atomic mass is 9.93. The molecule has 4 rings (SSSR count). The normalized spacial score (nSPS) is 20.5. The Balaban J connectivity index is 1.57. The number of carbonyl (C=O) groups excluding carboxylic acids is 1. The molecule has 1 saturated heterocycles. The molecule has 3 heterocycles. The molecule has 1 aromatic carbocycles. The van der Waals surface area contributed by atoms with E-state index in [0.29, 0.717) is 22.8 Å². The maximum absolute atomic E-state index is 13.4. The minimum absolute atomic E-state index is 0.0170. The van der Waals surface area contributed by atoms with Gasteiger partial charge in [-0.1, -0.05) is 12.1 Å². The van der Waals surface area contributed by atoms with Crippen molar-refractivity contribution in [3.8, 4) is 5.69 Å². The van der Waals surface area contributed by atoms with E-state index in [1.807, 2.05) is 13.0 Å². The smallest absolute Gasteiger partial charge is 0.269 e. The van der Waals surface area contributed by atoms with Crippen molar-refractivity contribution in [3.05, 3.63) is 58.3 Å². The van der Waals surface area contributed by atoms with E-state index < -0.39 is 12.5 Å². The van der Waals surface area contributed by atoms with Gasteiger partial charge in [-0.15, -0.1) is 11.3 Å². The van der Waals surface area contributed by atoms with Gasteiger partial charge < -0.3 is 10.0 Å². The van der Waals surface area contributed by atoms with E-state index in [-0.39, 0.29) is 23.6 Å². The summed E-state index contributed by atoms with van der Waals surface area (Å²) < 4.78 is 25.6. The minimum atomic E-state index is -2.88. The zero-order chi connectivity index (χ0) is 21.3. The van der Waals surface area contributed by atoms with Gasteiger partial charge >= 0.3 is 0 Å². The largest absolute Gasteiger partial charge is 0.381 e. The zero-order valence-corrected chi connectivity index (χ0v) is 17.0. The Morgan fingerprint density at radius 3 is 2.70 bits per heavy atom. The summed E-state index contributed by atoms with van der Waals surface area (Å²) in [5, 5.41) is 20.0. The van der Waals surface area contributed by atoms with Gasteiger partial charge in [-0.05, 0) is 31.9 Å². The average molecular weight is 433 g/mol. The Morgan fingerprint density at radius 1 is 1.23 bits per heavy atom. The Labute approximate surface area is 176 Å². The first-order valence-corrected chi connectivity index (χ1v) is 10.5. The Hall–Kier alpha value is -2.72. The number of piperidine rings is 1. The third-order valence-corrected chi connectivity index (χ3v) is 6.37. The fourth-order valence-corrected chi connectivity index (χ4v) is 4.64. The summed E-state index contributed by atoms with van der Waals surface area (Å²) in [4.78, 5) is 20.8. The molecule has 10 heteroatoms. The van der Waals surface area contributed by atoms with Crippen LogP contribution in [0.4, 0.5) is 8.78 Å². The highest BCUT2D eigenvalue weighted by Gasteiger charge is 2.33. The van der Waals surface area contributed by atoms with Gasteiger partial charge in [0.05, 0.1) is 34.3 Å². The lowest BCUT2D eigenvalue weighted by Gasteiger charge is -2.37. The number of aliphatic hydroxyl groups excluding tert-OH is 1. The van der Waals surface area contributed by atoms with Crippen LogP contribution in [0.3, 0.4) is 0 Å². The number of hydrogen-bond acceptors (Lipinski definition) is 6. The summed E-state index contributed by atoms with van der Waals surface area (Å²) in [6.45, 7) is 2.43. The van der Waals surface area contributed by atoms with Gasteiger partial charge in [0.15, 0.2) is 6.10 Å². The molecular formula is C20H21F2N5O2S. The first kappa shape index (κ1) is 20.5. The topological polar surface area (TPSA) is 84.1 Å². The third kappa shape index (κ3) is 3.97. The van der Waals surface area contributed by atoms with Crippen LogP contribution >= 0.6 is 11.3 Å². The van der Waals surface area contributed by atoms with Gasteiger partial charge in [0.2, 0.25) is 0 Å². The molecule has 0 radical (unpaired) electrons. The molecule has 0 saturated carbocycles. The molecule has 3 atom stereocenters. The molecule has 3 aromatic rings. The Kier molecular flexibility index (Phi) is 5.87. The minimum Gasteiger partial charge on any atom is -0.381 e. The monoisotopic (exact) mass is 433 g/mol. The number of nitrogens with zero attached hydrogens (tertiary/aromatic N) is 5. The van der Waals surface area contributed by atoms with Crippen molar-refractivity contribution in [1.29, 1.82) is 0 Å². The number of halogens is 2. The zero-order valence-electron chi connectivity index (χ0n) is 16.2. The van der Waals surface area contributed by atoms with Crippen LogP contribution in [0.1, 0.15) is 52.8 Å². The molecule has 3 unspecified atom stereocenters. The molecule has 30 heavy (non-hydrogen) atoms. The molecule has 2 aromatic heterocycles. The van der Waals surface area contributed by atoms with E-state index in [4.69, 9.17) is 0 Å². The van der Waals surface area contributed by atoms with E-state index in [1.165, 1.54) is 21.5 Å². The highest BCUT2D eigenvalue weighted by molar-refractivity contribution is 7.09. The SMILES string of the molecule is CC1CCC(c2nc(C(O)C(F)F)cs2)CN1C(=O)c1ccccc1-n1nccn1. The number of likely N-dealkylation sites (tertiary alicyclic amines) is 1. The van der Waals surface area contributed by atoms with E-state index in [0.717, 1.165) is 12.8 Å². The fraction of sp³-hybridized carbons (Fsp3) is 0.400. The van der Waals surface area contributed by atoms with Gasteiger partial charge in [0.25, 0.3) is 12.3 Å². The molecule has 1 aliphatic rings. The number of para-hydroxylation sites is 1. The second-order valence-electron chi connectivity index (χ2n) is 7.31. The number of carbonyl (C=O) groups is 1. The maximum Gasteiger partial charge on any atom is 0.269 e. The van der Waals surface area contributed by atoms with Gasteiger partial charge in [-0.25, -0.2) is 13.8 Å².